The lowest BCUT2D eigenvalue weighted by molar-refractivity contribution is 0.0988. The van der Waals surface area contributed by atoms with Gasteiger partial charge in [-0.2, -0.15) is 0 Å². The zero-order valence-corrected chi connectivity index (χ0v) is 10.9. The molecule has 1 heterocycles. The summed E-state index contributed by atoms with van der Waals surface area (Å²) in [4.78, 5) is 16.0. The number of nitrogens with zero attached hydrogens (tertiary/aromatic N) is 1. The van der Waals surface area contributed by atoms with Crippen LogP contribution in [-0.2, 0) is 6.42 Å². The molecule has 1 aromatic carbocycles. The number of ketones is 1. The van der Waals surface area contributed by atoms with E-state index < -0.39 is 5.82 Å². The van der Waals surface area contributed by atoms with Crippen LogP contribution in [0.15, 0.2) is 41.1 Å². The fraction of sp³-hybridized carbons (Fsp3) is 0.0769. The summed E-state index contributed by atoms with van der Waals surface area (Å²) in [7, 11) is 0. The Balaban J connectivity index is 2.31. The second-order valence-electron chi connectivity index (χ2n) is 3.77. The Morgan fingerprint density at radius 1 is 1.39 bits per heavy atom. The van der Waals surface area contributed by atoms with Crippen LogP contribution < -0.4 is 5.73 Å². The molecule has 0 radical (unpaired) electrons. The molecule has 0 unspecified atom stereocenters. The molecular weight excluding hydrogens is 299 g/mol. The Bertz CT molecular complexity index is 581. The summed E-state index contributed by atoms with van der Waals surface area (Å²) < 4.78 is 14.0. The number of hydrogen-bond acceptors (Lipinski definition) is 3. The molecular formula is C13H10BrFN2O. The predicted octanol–water partition coefficient (Wildman–Crippen LogP) is 2.99. The summed E-state index contributed by atoms with van der Waals surface area (Å²) in [6.07, 6.45) is 3.09. The normalized spacial score (nSPS) is 10.3. The molecule has 92 valence electrons. The number of aromatic nitrogens is 1. The Kier molecular flexibility index (Phi) is 3.72. The number of nitrogens with two attached hydrogens (primary N) is 1. The van der Waals surface area contributed by atoms with Gasteiger partial charge in [0.25, 0.3) is 0 Å². The van der Waals surface area contributed by atoms with Crippen molar-refractivity contribution in [3.05, 3.63) is 58.1 Å². The fourth-order valence-corrected chi connectivity index (χ4v) is 2.17. The summed E-state index contributed by atoms with van der Waals surface area (Å²) in [5.74, 6) is -0.878. The molecule has 18 heavy (non-hydrogen) atoms. The summed E-state index contributed by atoms with van der Waals surface area (Å²) in [6.45, 7) is 0. The van der Waals surface area contributed by atoms with Crippen LogP contribution in [0.1, 0.15) is 15.9 Å². The van der Waals surface area contributed by atoms with Crippen molar-refractivity contribution in [1.82, 2.24) is 4.98 Å². The first kappa shape index (κ1) is 12.7. The molecule has 0 atom stereocenters. The number of carbonyl (C=O) groups is 1. The zero-order chi connectivity index (χ0) is 13.1. The van der Waals surface area contributed by atoms with Crippen LogP contribution in [-0.4, -0.2) is 10.8 Å². The fourth-order valence-electron chi connectivity index (χ4n) is 1.61. The highest BCUT2D eigenvalue weighted by molar-refractivity contribution is 9.10. The van der Waals surface area contributed by atoms with Crippen molar-refractivity contribution >= 4 is 27.4 Å². The highest BCUT2D eigenvalue weighted by Gasteiger charge is 2.16. The van der Waals surface area contributed by atoms with Gasteiger partial charge in [-0.3, -0.25) is 9.78 Å². The van der Waals surface area contributed by atoms with Crippen molar-refractivity contribution in [2.75, 3.05) is 5.73 Å². The highest BCUT2D eigenvalue weighted by atomic mass is 79.9. The minimum atomic E-state index is -0.545. The van der Waals surface area contributed by atoms with E-state index in [0.717, 1.165) is 0 Å². The van der Waals surface area contributed by atoms with Crippen LogP contribution in [0.25, 0.3) is 0 Å². The van der Waals surface area contributed by atoms with E-state index in [0.29, 0.717) is 15.7 Å². The lowest BCUT2D eigenvalue weighted by Gasteiger charge is -2.06. The monoisotopic (exact) mass is 308 g/mol. The molecule has 0 fully saturated rings. The molecule has 0 spiro atoms. The zero-order valence-electron chi connectivity index (χ0n) is 9.36. The van der Waals surface area contributed by atoms with Crippen molar-refractivity contribution in [3.63, 3.8) is 0 Å². The van der Waals surface area contributed by atoms with Gasteiger partial charge in [0, 0.05) is 34.5 Å². The summed E-state index contributed by atoms with van der Waals surface area (Å²) in [5.41, 5.74) is 6.84. The molecule has 0 aliphatic carbocycles. The van der Waals surface area contributed by atoms with Gasteiger partial charge in [0.05, 0.1) is 5.56 Å². The van der Waals surface area contributed by atoms with Crippen molar-refractivity contribution < 1.29 is 9.18 Å². The number of nitrogen functional groups attached to an aromatic ring is 1. The maximum atomic E-state index is 13.6. The first-order valence-electron chi connectivity index (χ1n) is 5.25. The third-order valence-electron chi connectivity index (χ3n) is 2.53. The number of hydrogen-bond donors (Lipinski definition) is 1. The number of Topliss-reactive ketones (excluding diaryl/α,β-unsaturated/α-hetero) is 1. The van der Waals surface area contributed by atoms with E-state index in [1.165, 1.54) is 18.3 Å². The lowest BCUT2D eigenvalue weighted by Crippen LogP contribution is -2.09. The molecule has 0 saturated heterocycles. The van der Waals surface area contributed by atoms with Crippen LogP contribution in [0.4, 0.5) is 10.1 Å². The molecule has 0 bridgehead atoms. The van der Waals surface area contributed by atoms with Gasteiger partial charge >= 0.3 is 0 Å². The molecule has 3 nitrogen and oxygen atoms in total. The number of carbonyl (C=O) groups excluding carboxylic acids is 1. The second kappa shape index (κ2) is 5.27. The first-order chi connectivity index (χ1) is 8.59. The number of benzene rings is 1. The third-order valence-corrected chi connectivity index (χ3v) is 3.19. The number of pyridine rings is 1. The standard InChI is InChI=1S/C13H10BrFN2O/c14-9-2-1-3-10(15)13(9)12(18)6-8-7-17-5-4-11(8)16/h1-5,7H,6H2,(H2,16,17). The van der Waals surface area contributed by atoms with E-state index in [1.54, 1.807) is 18.3 Å². The van der Waals surface area contributed by atoms with Gasteiger partial charge in [-0.15, -0.1) is 0 Å². The Morgan fingerprint density at radius 2 is 2.17 bits per heavy atom. The van der Waals surface area contributed by atoms with Gasteiger partial charge in [-0.1, -0.05) is 6.07 Å². The maximum Gasteiger partial charge on any atom is 0.171 e. The number of halogens is 2. The maximum absolute atomic E-state index is 13.6. The average Bonchev–Trinajstić information content (AvgIpc) is 2.32. The van der Waals surface area contributed by atoms with Gasteiger partial charge < -0.3 is 5.73 Å². The molecule has 2 rings (SSSR count). The van der Waals surface area contributed by atoms with Gasteiger partial charge in [0.15, 0.2) is 5.78 Å². The minimum Gasteiger partial charge on any atom is -0.398 e. The van der Waals surface area contributed by atoms with Crippen LogP contribution in [0.2, 0.25) is 0 Å². The molecule has 0 saturated carbocycles. The van der Waals surface area contributed by atoms with E-state index in [2.05, 4.69) is 20.9 Å². The van der Waals surface area contributed by atoms with E-state index in [-0.39, 0.29) is 17.8 Å². The predicted molar refractivity (Wildman–Crippen MR) is 70.8 cm³/mol. The smallest absolute Gasteiger partial charge is 0.171 e. The van der Waals surface area contributed by atoms with E-state index in [4.69, 9.17) is 5.73 Å². The molecule has 2 N–H and O–H groups in total. The quantitative estimate of drug-likeness (QED) is 0.887. The van der Waals surface area contributed by atoms with E-state index in [1.807, 2.05) is 0 Å². The minimum absolute atomic E-state index is 0.0270. The summed E-state index contributed by atoms with van der Waals surface area (Å²) in [6, 6.07) is 6.03. The van der Waals surface area contributed by atoms with Crippen molar-refractivity contribution in [3.8, 4) is 0 Å². The molecule has 0 aliphatic rings. The largest absolute Gasteiger partial charge is 0.398 e. The lowest BCUT2D eigenvalue weighted by atomic mass is 10.0. The van der Waals surface area contributed by atoms with Crippen LogP contribution >= 0.6 is 15.9 Å². The average molecular weight is 309 g/mol. The SMILES string of the molecule is Nc1ccncc1CC(=O)c1c(F)cccc1Br. The van der Waals surface area contributed by atoms with Crippen LogP contribution in [0.3, 0.4) is 0 Å². The van der Waals surface area contributed by atoms with E-state index in [9.17, 15) is 9.18 Å². The molecule has 1 aromatic heterocycles. The number of rotatable bonds is 3. The Morgan fingerprint density at radius 3 is 2.83 bits per heavy atom. The molecule has 0 aliphatic heterocycles. The molecule has 0 amide bonds. The van der Waals surface area contributed by atoms with Crippen LogP contribution in [0, 0.1) is 5.82 Å². The highest BCUT2D eigenvalue weighted by Crippen LogP contribution is 2.22. The van der Waals surface area contributed by atoms with Gasteiger partial charge in [-0.05, 0) is 34.1 Å². The van der Waals surface area contributed by atoms with Gasteiger partial charge in [0.1, 0.15) is 5.82 Å². The van der Waals surface area contributed by atoms with Crippen molar-refractivity contribution in [1.29, 1.82) is 0 Å². The van der Waals surface area contributed by atoms with Gasteiger partial charge in [-0.25, -0.2) is 4.39 Å². The first-order valence-corrected chi connectivity index (χ1v) is 6.04. The van der Waals surface area contributed by atoms with Crippen molar-refractivity contribution in [2.24, 2.45) is 0 Å². The Hall–Kier alpha value is -1.75. The molecule has 2 aromatic rings. The summed E-state index contributed by atoms with van der Waals surface area (Å²) in [5, 5.41) is 0. The topological polar surface area (TPSA) is 56.0 Å². The molecule has 5 heteroatoms. The Labute approximate surface area is 112 Å². The van der Waals surface area contributed by atoms with Crippen LogP contribution in [0.5, 0.6) is 0 Å². The van der Waals surface area contributed by atoms with Gasteiger partial charge in [0.2, 0.25) is 0 Å². The number of anilines is 1. The second-order valence-corrected chi connectivity index (χ2v) is 4.63. The van der Waals surface area contributed by atoms with E-state index >= 15 is 0 Å². The third kappa shape index (κ3) is 2.56. The van der Waals surface area contributed by atoms with Crippen molar-refractivity contribution in [2.45, 2.75) is 6.42 Å². The summed E-state index contributed by atoms with van der Waals surface area (Å²) >= 11 is 3.17.